The molecule has 0 spiro atoms. The van der Waals surface area contributed by atoms with Gasteiger partial charge in [0.25, 0.3) is 5.91 Å². The zero-order valence-electron chi connectivity index (χ0n) is 15.1. The summed E-state index contributed by atoms with van der Waals surface area (Å²) >= 11 is 0. The second-order valence-corrected chi connectivity index (χ2v) is 7.65. The van der Waals surface area contributed by atoms with Crippen molar-refractivity contribution in [3.63, 3.8) is 0 Å². The molecule has 6 heteroatoms. The fourth-order valence-electron chi connectivity index (χ4n) is 3.15. The lowest BCUT2D eigenvalue weighted by Crippen LogP contribution is -2.48. The summed E-state index contributed by atoms with van der Waals surface area (Å²) in [5.74, 6) is -1.11. The lowest BCUT2D eigenvalue weighted by atomic mass is 9.92. The summed E-state index contributed by atoms with van der Waals surface area (Å²) in [4.78, 5) is 35.9. The highest BCUT2D eigenvalue weighted by Gasteiger charge is 2.38. The summed E-state index contributed by atoms with van der Waals surface area (Å²) in [6, 6.07) is 6.16. The van der Waals surface area contributed by atoms with E-state index in [-0.39, 0.29) is 18.3 Å². The second kappa shape index (κ2) is 7.25. The van der Waals surface area contributed by atoms with Gasteiger partial charge in [-0.05, 0) is 57.9 Å². The maximum Gasteiger partial charge on any atom is 0.308 e. The number of amides is 2. The molecule has 0 radical (unpaired) electrons. The number of hydrogen-bond donors (Lipinski definition) is 2. The minimum atomic E-state index is -0.568. The number of carbonyl (C=O) groups is 3. The Balaban J connectivity index is 2.08. The molecule has 2 amide bonds. The molecule has 2 rings (SSSR count). The molecule has 3 N–H and O–H groups in total. The van der Waals surface area contributed by atoms with Gasteiger partial charge in [-0.25, -0.2) is 0 Å². The summed E-state index contributed by atoms with van der Waals surface area (Å²) < 4.78 is 5.41. The van der Waals surface area contributed by atoms with Gasteiger partial charge in [0.15, 0.2) is 0 Å². The average molecular weight is 346 g/mol. The highest BCUT2D eigenvalue weighted by Crippen LogP contribution is 2.33. The van der Waals surface area contributed by atoms with Crippen LogP contribution in [0.2, 0.25) is 0 Å². The SMILES string of the molecule is CC(C)(C)OC(=O)CC1(NC(=O)c2ccc(C(N)=O)cc2)CCCC1. The molecule has 25 heavy (non-hydrogen) atoms. The molecule has 136 valence electrons. The van der Waals surface area contributed by atoms with Gasteiger partial charge in [-0.15, -0.1) is 0 Å². The van der Waals surface area contributed by atoms with Crippen LogP contribution in [0.1, 0.15) is 73.6 Å². The zero-order valence-corrected chi connectivity index (χ0v) is 15.1. The van der Waals surface area contributed by atoms with E-state index in [2.05, 4.69) is 5.32 Å². The van der Waals surface area contributed by atoms with E-state index >= 15 is 0 Å². The summed E-state index contributed by atoms with van der Waals surface area (Å²) in [5, 5.41) is 3.02. The third-order valence-electron chi connectivity index (χ3n) is 4.27. The van der Waals surface area contributed by atoms with Crippen LogP contribution in [0.4, 0.5) is 0 Å². The van der Waals surface area contributed by atoms with Crippen molar-refractivity contribution >= 4 is 17.8 Å². The molecule has 0 aliphatic heterocycles. The van der Waals surface area contributed by atoms with Crippen LogP contribution in [0.25, 0.3) is 0 Å². The Bertz CT molecular complexity index is 653. The molecule has 0 heterocycles. The molecule has 0 unspecified atom stereocenters. The van der Waals surface area contributed by atoms with Crippen molar-refractivity contribution in [2.45, 2.75) is 64.0 Å². The largest absolute Gasteiger partial charge is 0.460 e. The van der Waals surface area contributed by atoms with Gasteiger partial charge in [-0.3, -0.25) is 14.4 Å². The minimum absolute atomic E-state index is 0.162. The molecule has 1 aliphatic carbocycles. The molecule has 1 saturated carbocycles. The number of ether oxygens (including phenoxy) is 1. The highest BCUT2D eigenvalue weighted by atomic mass is 16.6. The van der Waals surface area contributed by atoms with E-state index in [0.29, 0.717) is 11.1 Å². The molecule has 0 saturated heterocycles. The van der Waals surface area contributed by atoms with E-state index in [4.69, 9.17) is 10.5 Å². The third-order valence-corrected chi connectivity index (χ3v) is 4.27. The number of rotatable bonds is 5. The van der Waals surface area contributed by atoms with Crippen molar-refractivity contribution in [1.82, 2.24) is 5.32 Å². The number of hydrogen-bond acceptors (Lipinski definition) is 4. The van der Waals surface area contributed by atoms with Crippen LogP contribution in [0.3, 0.4) is 0 Å². The molecular weight excluding hydrogens is 320 g/mol. The Labute approximate surface area is 148 Å². The summed E-state index contributed by atoms with van der Waals surface area (Å²) in [6.07, 6.45) is 3.58. The Morgan fingerprint density at radius 2 is 1.60 bits per heavy atom. The molecule has 1 fully saturated rings. The Hall–Kier alpha value is -2.37. The molecule has 0 aromatic heterocycles. The topological polar surface area (TPSA) is 98.5 Å². The Kier molecular flexibility index (Phi) is 5.50. The maximum atomic E-state index is 12.6. The first-order chi connectivity index (χ1) is 11.6. The van der Waals surface area contributed by atoms with E-state index < -0.39 is 17.0 Å². The number of nitrogens with two attached hydrogens (primary N) is 1. The molecular formula is C19H26N2O4. The van der Waals surface area contributed by atoms with Crippen molar-refractivity contribution < 1.29 is 19.1 Å². The Morgan fingerprint density at radius 1 is 1.08 bits per heavy atom. The number of benzene rings is 1. The quantitative estimate of drug-likeness (QED) is 0.801. The van der Waals surface area contributed by atoms with Crippen LogP contribution in [0.5, 0.6) is 0 Å². The van der Waals surface area contributed by atoms with Gasteiger partial charge in [0.2, 0.25) is 5.91 Å². The van der Waals surface area contributed by atoms with Gasteiger partial charge in [0.05, 0.1) is 12.0 Å². The number of nitrogens with one attached hydrogen (secondary N) is 1. The summed E-state index contributed by atoms with van der Waals surface area (Å²) in [7, 11) is 0. The molecule has 0 bridgehead atoms. The fraction of sp³-hybridized carbons (Fsp3) is 0.526. The first kappa shape index (κ1) is 19.0. The van der Waals surface area contributed by atoms with E-state index in [1.54, 1.807) is 12.1 Å². The average Bonchev–Trinajstić information content (AvgIpc) is 2.93. The third kappa shape index (κ3) is 5.31. The van der Waals surface area contributed by atoms with E-state index in [0.717, 1.165) is 25.7 Å². The first-order valence-corrected chi connectivity index (χ1v) is 8.54. The molecule has 1 aliphatic rings. The molecule has 6 nitrogen and oxygen atoms in total. The lowest BCUT2D eigenvalue weighted by molar-refractivity contribution is -0.156. The van der Waals surface area contributed by atoms with Crippen LogP contribution in [-0.4, -0.2) is 28.9 Å². The van der Waals surface area contributed by atoms with Gasteiger partial charge in [-0.2, -0.15) is 0 Å². The van der Waals surface area contributed by atoms with Crippen molar-refractivity contribution in [3.05, 3.63) is 35.4 Å². The summed E-state index contributed by atoms with van der Waals surface area (Å²) in [5.41, 5.74) is 4.87. The standard InChI is InChI=1S/C19H26N2O4/c1-18(2,3)25-15(22)12-19(10-4-5-11-19)21-17(24)14-8-6-13(7-9-14)16(20)23/h6-9H,4-5,10-12H2,1-3H3,(H2,20,23)(H,21,24). The number of esters is 1. The lowest BCUT2D eigenvalue weighted by Gasteiger charge is -2.31. The fourth-order valence-corrected chi connectivity index (χ4v) is 3.15. The van der Waals surface area contributed by atoms with Gasteiger partial charge in [0, 0.05) is 11.1 Å². The van der Waals surface area contributed by atoms with Crippen LogP contribution >= 0.6 is 0 Å². The van der Waals surface area contributed by atoms with Crippen LogP contribution in [0.15, 0.2) is 24.3 Å². The van der Waals surface area contributed by atoms with Crippen LogP contribution < -0.4 is 11.1 Å². The minimum Gasteiger partial charge on any atom is -0.460 e. The molecule has 0 atom stereocenters. The van der Waals surface area contributed by atoms with Gasteiger partial charge in [-0.1, -0.05) is 12.8 Å². The van der Waals surface area contributed by atoms with Crippen molar-refractivity contribution in [1.29, 1.82) is 0 Å². The number of primary amides is 1. The van der Waals surface area contributed by atoms with E-state index in [9.17, 15) is 14.4 Å². The second-order valence-electron chi connectivity index (χ2n) is 7.65. The van der Waals surface area contributed by atoms with E-state index in [1.807, 2.05) is 20.8 Å². The van der Waals surface area contributed by atoms with Gasteiger partial charge in [0.1, 0.15) is 5.60 Å². The van der Waals surface area contributed by atoms with Crippen molar-refractivity contribution in [2.24, 2.45) is 5.73 Å². The summed E-state index contributed by atoms with van der Waals surface area (Å²) in [6.45, 7) is 5.47. The molecule has 1 aromatic carbocycles. The number of carbonyl (C=O) groups excluding carboxylic acids is 3. The van der Waals surface area contributed by atoms with Crippen LogP contribution in [0, 0.1) is 0 Å². The first-order valence-electron chi connectivity index (χ1n) is 8.54. The molecule has 1 aromatic rings. The normalized spacial score (nSPS) is 16.3. The smallest absolute Gasteiger partial charge is 0.308 e. The van der Waals surface area contributed by atoms with Gasteiger partial charge < -0.3 is 15.8 Å². The highest BCUT2D eigenvalue weighted by molar-refractivity contribution is 5.97. The predicted octanol–water partition coefficient (Wildman–Crippen LogP) is 2.56. The van der Waals surface area contributed by atoms with Crippen molar-refractivity contribution in [3.8, 4) is 0 Å². The van der Waals surface area contributed by atoms with Crippen LogP contribution in [-0.2, 0) is 9.53 Å². The predicted molar refractivity (Wildman–Crippen MR) is 94.1 cm³/mol. The monoisotopic (exact) mass is 346 g/mol. The van der Waals surface area contributed by atoms with E-state index in [1.165, 1.54) is 12.1 Å². The van der Waals surface area contributed by atoms with Crippen molar-refractivity contribution in [2.75, 3.05) is 0 Å². The zero-order chi connectivity index (χ0) is 18.7. The maximum absolute atomic E-state index is 12.6. The van der Waals surface area contributed by atoms with Gasteiger partial charge >= 0.3 is 5.97 Å². The Morgan fingerprint density at radius 3 is 2.08 bits per heavy atom.